The molecule has 0 saturated carbocycles. The van der Waals surface area contributed by atoms with Crippen LogP contribution in [-0.4, -0.2) is 41.6 Å². The van der Waals surface area contributed by atoms with Gasteiger partial charge in [0.2, 0.25) is 16.9 Å². The fraction of sp³-hybridized carbons (Fsp3) is 0.118. The molecule has 1 aromatic carbocycles. The number of nitro benzene ring substituents is 1. The van der Waals surface area contributed by atoms with Gasteiger partial charge in [0.15, 0.2) is 5.65 Å². The van der Waals surface area contributed by atoms with Crippen molar-refractivity contribution in [1.82, 2.24) is 25.0 Å². The standard InChI is InChI=1S/C17H13N7O4S/c1-10-7-16(28-22-10)18-15(25)9-29-17-20-19-14-6-5-13(21-23(14)17)11-3-2-4-12(8-11)24(26)27/h2-8H,9H2,1H3,(H,18,25). The highest BCUT2D eigenvalue weighted by atomic mass is 32.2. The first-order chi connectivity index (χ1) is 14.0. The molecule has 12 heteroatoms. The second-order valence-electron chi connectivity index (χ2n) is 5.95. The van der Waals surface area contributed by atoms with Crippen molar-refractivity contribution in [1.29, 1.82) is 0 Å². The SMILES string of the molecule is Cc1cc(NC(=O)CSc2nnc3ccc(-c4cccc([N+](=O)[O-])c4)nn23)on1. The molecule has 4 aromatic rings. The number of thioether (sulfide) groups is 1. The molecular weight excluding hydrogens is 398 g/mol. The average Bonchev–Trinajstić information content (AvgIpc) is 3.31. The van der Waals surface area contributed by atoms with Gasteiger partial charge in [-0.25, -0.2) is 0 Å². The summed E-state index contributed by atoms with van der Waals surface area (Å²) in [6, 6.07) is 11.2. The summed E-state index contributed by atoms with van der Waals surface area (Å²) in [5.74, 6) is 0.0338. The third kappa shape index (κ3) is 4.06. The summed E-state index contributed by atoms with van der Waals surface area (Å²) in [7, 11) is 0. The molecule has 1 N–H and O–H groups in total. The Labute approximate surface area is 167 Å². The summed E-state index contributed by atoms with van der Waals surface area (Å²) in [5.41, 5.74) is 2.23. The Hall–Kier alpha value is -3.80. The van der Waals surface area contributed by atoms with Crippen LogP contribution in [0.15, 0.2) is 52.1 Å². The fourth-order valence-electron chi connectivity index (χ4n) is 2.52. The van der Waals surface area contributed by atoms with E-state index in [9.17, 15) is 14.9 Å². The second-order valence-corrected chi connectivity index (χ2v) is 6.89. The normalized spacial score (nSPS) is 10.9. The van der Waals surface area contributed by atoms with E-state index in [4.69, 9.17) is 4.52 Å². The maximum Gasteiger partial charge on any atom is 0.270 e. The summed E-state index contributed by atoms with van der Waals surface area (Å²) in [4.78, 5) is 22.6. The van der Waals surface area contributed by atoms with E-state index >= 15 is 0 Å². The number of benzene rings is 1. The predicted molar refractivity (Wildman–Crippen MR) is 103 cm³/mol. The van der Waals surface area contributed by atoms with Crippen molar-refractivity contribution in [3.63, 3.8) is 0 Å². The van der Waals surface area contributed by atoms with E-state index in [0.29, 0.717) is 27.8 Å². The van der Waals surface area contributed by atoms with Crippen LogP contribution in [0.1, 0.15) is 5.69 Å². The molecule has 0 bridgehead atoms. The molecule has 3 aromatic heterocycles. The smallest absolute Gasteiger partial charge is 0.270 e. The number of amides is 1. The largest absolute Gasteiger partial charge is 0.338 e. The van der Waals surface area contributed by atoms with E-state index in [2.05, 4.69) is 25.8 Å². The van der Waals surface area contributed by atoms with Gasteiger partial charge in [-0.3, -0.25) is 20.2 Å². The van der Waals surface area contributed by atoms with E-state index in [1.807, 2.05) is 0 Å². The topological polar surface area (TPSA) is 141 Å². The van der Waals surface area contributed by atoms with Gasteiger partial charge in [0.25, 0.3) is 5.69 Å². The lowest BCUT2D eigenvalue weighted by molar-refractivity contribution is -0.384. The summed E-state index contributed by atoms with van der Waals surface area (Å²) in [6.07, 6.45) is 0. The van der Waals surface area contributed by atoms with Gasteiger partial charge in [-0.05, 0) is 19.1 Å². The van der Waals surface area contributed by atoms with Crippen LogP contribution in [-0.2, 0) is 4.79 Å². The molecule has 0 radical (unpaired) electrons. The molecule has 29 heavy (non-hydrogen) atoms. The zero-order valence-corrected chi connectivity index (χ0v) is 15.8. The van der Waals surface area contributed by atoms with E-state index in [-0.39, 0.29) is 23.2 Å². The number of non-ortho nitro benzene ring substituents is 1. The summed E-state index contributed by atoms with van der Waals surface area (Å²) in [6.45, 7) is 1.75. The lowest BCUT2D eigenvalue weighted by Gasteiger charge is -2.03. The number of nitrogens with one attached hydrogen (secondary N) is 1. The lowest BCUT2D eigenvalue weighted by Crippen LogP contribution is -2.13. The maximum atomic E-state index is 12.1. The second kappa shape index (κ2) is 7.67. The summed E-state index contributed by atoms with van der Waals surface area (Å²) < 4.78 is 6.44. The third-order valence-corrected chi connectivity index (χ3v) is 4.73. The van der Waals surface area contributed by atoms with Crippen molar-refractivity contribution in [3.05, 3.63) is 58.3 Å². The van der Waals surface area contributed by atoms with Gasteiger partial charge in [-0.2, -0.15) is 9.61 Å². The number of aromatic nitrogens is 5. The first-order valence-corrected chi connectivity index (χ1v) is 9.31. The number of carbonyl (C=O) groups is 1. The van der Waals surface area contributed by atoms with Gasteiger partial charge < -0.3 is 4.52 Å². The number of hydrogen-bond acceptors (Lipinski definition) is 9. The average molecular weight is 411 g/mol. The van der Waals surface area contributed by atoms with Gasteiger partial charge in [0.1, 0.15) is 0 Å². The number of nitrogens with zero attached hydrogens (tertiary/aromatic N) is 6. The molecule has 3 heterocycles. The maximum absolute atomic E-state index is 12.1. The minimum atomic E-state index is -0.462. The molecule has 0 atom stereocenters. The molecule has 1 amide bonds. The van der Waals surface area contributed by atoms with Crippen molar-refractivity contribution in [3.8, 4) is 11.3 Å². The van der Waals surface area contributed by atoms with Crippen LogP contribution in [0, 0.1) is 17.0 Å². The molecule has 0 aliphatic rings. The molecule has 0 aliphatic carbocycles. The summed E-state index contributed by atoms with van der Waals surface area (Å²) >= 11 is 1.15. The lowest BCUT2D eigenvalue weighted by atomic mass is 10.1. The number of rotatable bonds is 6. The van der Waals surface area contributed by atoms with Crippen LogP contribution >= 0.6 is 11.8 Å². The van der Waals surface area contributed by atoms with Crippen LogP contribution < -0.4 is 5.32 Å². The quantitative estimate of drug-likeness (QED) is 0.288. The fourth-order valence-corrected chi connectivity index (χ4v) is 3.21. The number of fused-ring (bicyclic) bond motifs is 1. The zero-order chi connectivity index (χ0) is 20.4. The Kier molecular flexibility index (Phi) is 4.91. The Morgan fingerprint density at radius 1 is 1.28 bits per heavy atom. The number of nitro groups is 1. The molecule has 11 nitrogen and oxygen atoms in total. The Morgan fingerprint density at radius 2 is 2.14 bits per heavy atom. The van der Waals surface area contributed by atoms with E-state index in [0.717, 1.165) is 11.8 Å². The highest BCUT2D eigenvalue weighted by molar-refractivity contribution is 7.99. The van der Waals surface area contributed by atoms with Gasteiger partial charge in [0, 0.05) is 23.8 Å². The van der Waals surface area contributed by atoms with Crippen molar-refractivity contribution in [2.24, 2.45) is 0 Å². The van der Waals surface area contributed by atoms with Gasteiger partial charge in [-0.1, -0.05) is 29.1 Å². The van der Waals surface area contributed by atoms with E-state index in [1.165, 1.54) is 16.6 Å². The molecule has 0 saturated heterocycles. The van der Waals surface area contributed by atoms with Crippen LogP contribution in [0.25, 0.3) is 16.9 Å². The number of anilines is 1. The van der Waals surface area contributed by atoms with Crippen LogP contribution in [0.3, 0.4) is 0 Å². The van der Waals surface area contributed by atoms with Crippen molar-refractivity contribution in [2.45, 2.75) is 12.1 Å². The van der Waals surface area contributed by atoms with Crippen molar-refractivity contribution < 1.29 is 14.2 Å². The molecular formula is C17H13N7O4S. The monoisotopic (exact) mass is 411 g/mol. The molecule has 0 spiro atoms. The first-order valence-electron chi connectivity index (χ1n) is 8.33. The van der Waals surface area contributed by atoms with E-state index in [1.54, 1.807) is 37.3 Å². The minimum absolute atomic E-state index is 0.0259. The molecule has 4 rings (SSSR count). The zero-order valence-electron chi connectivity index (χ0n) is 15.0. The Balaban J connectivity index is 1.53. The van der Waals surface area contributed by atoms with Crippen molar-refractivity contribution >= 4 is 34.9 Å². The Bertz CT molecular complexity index is 1220. The van der Waals surface area contributed by atoms with Crippen molar-refractivity contribution in [2.75, 3.05) is 11.1 Å². The Morgan fingerprint density at radius 3 is 2.90 bits per heavy atom. The molecule has 146 valence electrons. The molecule has 0 aliphatic heterocycles. The van der Waals surface area contributed by atoms with Crippen LogP contribution in [0.4, 0.5) is 11.6 Å². The van der Waals surface area contributed by atoms with Gasteiger partial charge in [-0.15, -0.1) is 10.2 Å². The van der Waals surface area contributed by atoms with Gasteiger partial charge >= 0.3 is 0 Å². The highest BCUT2D eigenvalue weighted by Crippen LogP contribution is 2.24. The van der Waals surface area contributed by atoms with Crippen LogP contribution in [0.5, 0.6) is 0 Å². The molecule has 0 unspecified atom stereocenters. The minimum Gasteiger partial charge on any atom is -0.338 e. The first kappa shape index (κ1) is 18.6. The highest BCUT2D eigenvalue weighted by Gasteiger charge is 2.14. The number of aryl methyl sites for hydroxylation is 1. The predicted octanol–water partition coefficient (Wildman–Crippen LogP) is 2.73. The summed E-state index contributed by atoms with van der Waals surface area (Å²) in [5, 5.41) is 30.2. The van der Waals surface area contributed by atoms with E-state index < -0.39 is 4.92 Å². The van der Waals surface area contributed by atoms with Crippen LogP contribution in [0.2, 0.25) is 0 Å². The molecule has 0 fully saturated rings. The number of carbonyl (C=O) groups excluding carboxylic acids is 1. The number of hydrogen-bond donors (Lipinski definition) is 1. The third-order valence-electron chi connectivity index (χ3n) is 3.81. The van der Waals surface area contributed by atoms with Gasteiger partial charge in [0.05, 0.1) is 22.1 Å².